The van der Waals surface area contributed by atoms with Gasteiger partial charge in [0.05, 0.1) is 27.6 Å². The van der Waals surface area contributed by atoms with Crippen LogP contribution in [0.1, 0.15) is 22.2 Å². The quantitative estimate of drug-likeness (QED) is 0.387. The van der Waals surface area contributed by atoms with Crippen LogP contribution in [-0.4, -0.2) is 28.8 Å². The van der Waals surface area contributed by atoms with Crippen LogP contribution in [0.5, 0.6) is 0 Å². The van der Waals surface area contributed by atoms with Gasteiger partial charge in [0.25, 0.3) is 11.6 Å². The van der Waals surface area contributed by atoms with Crippen LogP contribution in [0.15, 0.2) is 35.7 Å². The van der Waals surface area contributed by atoms with Crippen LogP contribution < -0.4 is 16.0 Å². The molecule has 0 fully saturated rings. The fraction of sp³-hybridized carbons (Fsp3) is 0.167. The van der Waals surface area contributed by atoms with E-state index in [4.69, 9.17) is 0 Å². The Morgan fingerprint density at radius 2 is 2.03 bits per heavy atom. The summed E-state index contributed by atoms with van der Waals surface area (Å²) in [7, 11) is 1.63. The molecular weight excluding hydrogens is 414 g/mol. The molecule has 0 aliphatic heterocycles. The fourth-order valence-electron chi connectivity index (χ4n) is 2.48. The molecule has 0 aliphatic carbocycles. The Hall–Kier alpha value is -3.31. The lowest BCUT2D eigenvalue weighted by Gasteiger charge is -2.08. The molecule has 11 heteroatoms. The molecule has 2 aromatic heterocycles. The van der Waals surface area contributed by atoms with E-state index in [1.54, 1.807) is 7.05 Å². The van der Waals surface area contributed by atoms with E-state index < -0.39 is 10.8 Å². The summed E-state index contributed by atoms with van der Waals surface area (Å²) in [6.45, 7) is 1.91. The molecule has 0 aliphatic rings. The number of hydrogen-bond donors (Lipinski definition) is 3. The highest BCUT2D eigenvalue weighted by molar-refractivity contribution is 7.17. The molecule has 0 saturated heterocycles. The number of anilines is 2. The van der Waals surface area contributed by atoms with Gasteiger partial charge in [-0.3, -0.25) is 25.0 Å². The maximum absolute atomic E-state index is 12.6. The molecule has 0 radical (unpaired) electrons. The molecule has 9 nitrogen and oxygen atoms in total. The number of nitrogens with one attached hydrogen (secondary N) is 3. The average molecular weight is 431 g/mol. The number of aromatic nitrogens is 1. The lowest BCUT2D eigenvalue weighted by Crippen LogP contribution is -2.17. The number of nitrogens with zero attached hydrogens (tertiary/aromatic N) is 2. The Morgan fingerprint density at radius 1 is 1.24 bits per heavy atom. The van der Waals surface area contributed by atoms with Crippen molar-refractivity contribution in [3.63, 3.8) is 0 Å². The summed E-state index contributed by atoms with van der Waals surface area (Å²) in [5, 5.41) is 21.5. The van der Waals surface area contributed by atoms with Crippen molar-refractivity contribution in [2.45, 2.75) is 13.5 Å². The Morgan fingerprint density at radius 3 is 2.72 bits per heavy atom. The number of thiophene rings is 1. The van der Waals surface area contributed by atoms with Crippen LogP contribution in [0, 0.1) is 10.1 Å². The number of non-ortho nitro benzene ring substituents is 1. The van der Waals surface area contributed by atoms with Gasteiger partial charge in [0.15, 0.2) is 5.13 Å². The minimum atomic E-state index is -0.549. The van der Waals surface area contributed by atoms with Gasteiger partial charge >= 0.3 is 0 Å². The van der Waals surface area contributed by atoms with Crippen LogP contribution in [0.2, 0.25) is 0 Å². The van der Waals surface area contributed by atoms with E-state index in [9.17, 15) is 19.7 Å². The van der Waals surface area contributed by atoms with Gasteiger partial charge < -0.3 is 10.6 Å². The van der Waals surface area contributed by atoms with E-state index in [0.717, 1.165) is 9.75 Å². The van der Waals surface area contributed by atoms with Gasteiger partial charge in [-0.15, -0.1) is 22.7 Å². The van der Waals surface area contributed by atoms with E-state index in [1.165, 1.54) is 47.8 Å². The van der Waals surface area contributed by atoms with E-state index in [2.05, 4.69) is 20.9 Å². The summed E-state index contributed by atoms with van der Waals surface area (Å²) in [6, 6.07) is 7.86. The Bertz CT molecular complexity index is 1080. The zero-order chi connectivity index (χ0) is 21.0. The summed E-state index contributed by atoms with van der Waals surface area (Å²) in [5.74, 6) is -0.586. The molecule has 2 amide bonds. The number of carbonyl (C=O) groups excluding carboxylic acids is 2. The second-order valence-electron chi connectivity index (χ2n) is 5.90. The molecule has 3 N–H and O–H groups in total. The number of amides is 2. The second-order valence-corrected chi connectivity index (χ2v) is 7.93. The second kappa shape index (κ2) is 8.80. The van der Waals surface area contributed by atoms with Gasteiger partial charge in [-0.05, 0) is 18.2 Å². The lowest BCUT2D eigenvalue weighted by molar-refractivity contribution is -0.384. The molecule has 0 atom stereocenters. The van der Waals surface area contributed by atoms with Gasteiger partial charge in [-0.2, -0.15) is 0 Å². The van der Waals surface area contributed by atoms with Gasteiger partial charge in [-0.1, -0.05) is 0 Å². The monoisotopic (exact) mass is 431 g/mol. The normalized spacial score (nSPS) is 10.4. The predicted molar refractivity (Wildman–Crippen MR) is 114 cm³/mol. The molecule has 0 spiro atoms. The zero-order valence-electron chi connectivity index (χ0n) is 15.5. The van der Waals surface area contributed by atoms with E-state index >= 15 is 0 Å². The van der Waals surface area contributed by atoms with Crippen molar-refractivity contribution in [3.05, 3.63) is 56.3 Å². The SMILES string of the molecule is CNc1ccc([N+](=O)[O-])cc1C(=O)Nc1nc(-c2ccc(CNC(C)=O)s2)cs1. The van der Waals surface area contributed by atoms with Crippen LogP contribution in [0.4, 0.5) is 16.5 Å². The van der Waals surface area contributed by atoms with Crippen molar-refractivity contribution in [2.75, 3.05) is 17.7 Å². The summed E-state index contributed by atoms with van der Waals surface area (Å²) >= 11 is 2.76. The Kier molecular flexibility index (Phi) is 6.20. The first-order valence-electron chi connectivity index (χ1n) is 8.44. The number of nitro groups is 1. The largest absolute Gasteiger partial charge is 0.387 e. The highest BCUT2D eigenvalue weighted by Gasteiger charge is 2.18. The summed E-state index contributed by atoms with van der Waals surface area (Å²) in [5.41, 5.74) is 1.18. The lowest BCUT2D eigenvalue weighted by atomic mass is 10.1. The molecule has 3 rings (SSSR count). The first-order chi connectivity index (χ1) is 13.9. The number of nitro benzene ring substituents is 1. The number of benzene rings is 1. The van der Waals surface area contributed by atoms with Crippen LogP contribution in [0.25, 0.3) is 10.6 Å². The summed E-state index contributed by atoms with van der Waals surface area (Å²) in [4.78, 5) is 40.4. The minimum absolute atomic E-state index is 0.0966. The van der Waals surface area contributed by atoms with Crippen molar-refractivity contribution >= 4 is 51.0 Å². The van der Waals surface area contributed by atoms with Crippen molar-refractivity contribution in [2.24, 2.45) is 0 Å². The molecule has 0 bridgehead atoms. The smallest absolute Gasteiger partial charge is 0.270 e. The molecule has 2 heterocycles. The van der Waals surface area contributed by atoms with Gasteiger partial charge in [0.1, 0.15) is 0 Å². The molecule has 1 aromatic carbocycles. The number of carbonyl (C=O) groups is 2. The fourth-order valence-corrected chi connectivity index (χ4v) is 4.17. The Labute approximate surface area is 173 Å². The maximum atomic E-state index is 12.6. The van der Waals surface area contributed by atoms with Crippen molar-refractivity contribution in [1.82, 2.24) is 10.3 Å². The number of thiazole rings is 1. The topological polar surface area (TPSA) is 126 Å². The third-order valence-electron chi connectivity index (χ3n) is 3.88. The number of rotatable bonds is 7. The van der Waals surface area contributed by atoms with Crippen LogP contribution in [-0.2, 0) is 11.3 Å². The minimum Gasteiger partial charge on any atom is -0.387 e. The molecule has 0 saturated carbocycles. The number of hydrogen-bond acceptors (Lipinski definition) is 8. The first-order valence-corrected chi connectivity index (χ1v) is 10.1. The van der Waals surface area contributed by atoms with Gasteiger partial charge in [0.2, 0.25) is 5.91 Å². The van der Waals surface area contributed by atoms with E-state index in [1.807, 2.05) is 17.5 Å². The zero-order valence-corrected chi connectivity index (χ0v) is 17.1. The third kappa shape index (κ3) is 4.95. The first kappa shape index (κ1) is 20.4. The van der Waals surface area contributed by atoms with Crippen molar-refractivity contribution < 1.29 is 14.5 Å². The van der Waals surface area contributed by atoms with Crippen molar-refractivity contribution in [1.29, 1.82) is 0 Å². The average Bonchev–Trinajstić information content (AvgIpc) is 3.35. The van der Waals surface area contributed by atoms with Gasteiger partial charge in [0, 0.05) is 42.0 Å². The molecular formula is C18H17N5O4S2. The van der Waals surface area contributed by atoms with E-state index in [-0.39, 0.29) is 17.2 Å². The highest BCUT2D eigenvalue weighted by Crippen LogP contribution is 2.31. The third-order valence-corrected chi connectivity index (χ3v) is 5.74. The molecule has 29 heavy (non-hydrogen) atoms. The maximum Gasteiger partial charge on any atom is 0.270 e. The molecule has 3 aromatic rings. The van der Waals surface area contributed by atoms with Crippen LogP contribution >= 0.6 is 22.7 Å². The molecule has 150 valence electrons. The summed E-state index contributed by atoms with van der Waals surface area (Å²) in [6.07, 6.45) is 0. The van der Waals surface area contributed by atoms with E-state index in [0.29, 0.717) is 23.1 Å². The Balaban J connectivity index is 1.75. The standard InChI is InChI=1S/C18H17N5O4S2/c1-10(24)20-8-12-4-6-16(29-12)15-9-28-18(21-15)22-17(25)13-7-11(23(26)27)3-5-14(13)19-2/h3-7,9,19H,8H2,1-2H3,(H,20,24)(H,21,22,25). The predicted octanol–water partition coefficient (Wildman–Crippen LogP) is 3.71. The highest BCUT2D eigenvalue weighted by atomic mass is 32.1. The van der Waals surface area contributed by atoms with Gasteiger partial charge in [-0.25, -0.2) is 4.98 Å². The molecule has 0 unspecified atom stereocenters. The van der Waals surface area contributed by atoms with Crippen molar-refractivity contribution in [3.8, 4) is 10.6 Å². The summed E-state index contributed by atoms with van der Waals surface area (Å²) < 4.78 is 0. The van der Waals surface area contributed by atoms with Crippen LogP contribution in [0.3, 0.4) is 0 Å².